The number of likely N-dealkylation sites (tertiary alicyclic amines) is 1. The highest BCUT2D eigenvalue weighted by molar-refractivity contribution is 5.89. The number of amides is 2. The van der Waals surface area contributed by atoms with Crippen LogP contribution in [-0.2, 0) is 0 Å². The maximum Gasteiger partial charge on any atom is 0.321 e. The van der Waals surface area contributed by atoms with Gasteiger partial charge < -0.3 is 15.0 Å². The first-order valence-electron chi connectivity index (χ1n) is 7.85. The molecule has 1 aliphatic heterocycles. The number of piperidine rings is 1. The number of hydrogen-bond acceptors (Lipinski definition) is 2. The van der Waals surface area contributed by atoms with Gasteiger partial charge in [-0.15, -0.1) is 0 Å². The number of benzene rings is 2. The molecule has 0 bridgehead atoms. The van der Waals surface area contributed by atoms with Crippen LogP contribution >= 0.6 is 0 Å². The molecule has 1 heterocycles. The van der Waals surface area contributed by atoms with Gasteiger partial charge in [0, 0.05) is 25.9 Å². The van der Waals surface area contributed by atoms with Crippen LogP contribution in [0.15, 0.2) is 48.5 Å². The molecule has 0 aliphatic carbocycles. The van der Waals surface area contributed by atoms with Crippen LogP contribution in [0, 0.1) is 11.6 Å². The summed E-state index contributed by atoms with van der Waals surface area (Å²) in [4.78, 5) is 13.8. The van der Waals surface area contributed by atoms with Crippen molar-refractivity contribution >= 4 is 11.7 Å². The molecule has 0 spiro atoms. The zero-order chi connectivity index (χ0) is 16.9. The molecule has 2 amide bonds. The molecule has 0 aromatic heterocycles. The van der Waals surface area contributed by atoms with Gasteiger partial charge in [-0.2, -0.15) is 0 Å². The first-order valence-corrected chi connectivity index (χ1v) is 7.85. The van der Waals surface area contributed by atoms with Crippen molar-refractivity contribution in [1.29, 1.82) is 0 Å². The molecule has 0 saturated carbocycles. The van der Waals surface area contributed by atoms with E-state index < -0.39 is 17.7 Å². The smallest absolute Gasteiger partial charge is 0.321 e. The van der Waals surface area contributed by atoms with Crippen LogP contribution in [0.1, 0.15) is 12.8 Å². The topological polar surface area (TPSA) is 41.6 Å². The number of urea groups is 1. The highest BCUT2D eigenvalue weighted by Crippen LogP contribution is 2.21. The maximum atomic E-state index is 13.6. The number of nitrogens with one attached hydrogen (secondary N) is 1. The summed E-state index contributed by atoms with van der Waals surface area (Å²) in [7, 11) is 0. The average molecular weight is 332 g/mol. The molecular weight excluding hydrogens is 314 g/mol. The fourth-order valence-corrected chi connectivity index (χ4v) is 2.66. The van der Waals surface area contributed by atoms with E-state index in [1.807, 2.05) is 30.3 Å². The van der Waals surface area contributed by atoms with Crippen LogP contribution in [0.5, 0.6) is 5.75 Å². The lowest BCUT2D eigenvalue weighted by Gasteiger charge is -2.32. The molecule has 126 valence electrons. The van der Waals surface area contributed by atoms with Gasteiger partial charge in [0.05, 0.1) is 5.69 Å². The van der Waals surface area contributed by atoms with Crippen LogP contribution in [0.4, 0.5) is 19.3 Å². The van der Waals surface area contributed by atoms with Gasteiger partial charge in [0.1, 0.15) is 11.9 Å². The third kappa shape index (κ3) is 3.82. The van der Waals surface area contributed by atoms with E-state index in [9.17, 15) is 13.6 Å². The van der Waals surface area contributed by atoms with E-state index in [2.05, 4.69) is 5.32 Å². The molecule has 0 atom stereocenters. The van der Waals surface area contributed by atoms with E-state index in [1.165, 1.54) is 12.1 Å². The Morgan fingerprint density at radius 1 is 1.04 bits per heavy atom. The van der Waals surface area contributed by atoms with Crippen molar-refractivity contribution in [1.82, 2.24) is 4.90 Å². The summed E-state index contributed by atoms with van der Waals surface area (Å²) in [5.74, 6) is -1.22. The number of carbonyl (C=O) groups is 1. The summed E-state index contributed by atoms with van der Waals surface area (Å²) in [6.45, 7) is 1.00. The molecule has 6 heteroatoms. The molecule has 2 aromatic rings. The highest BCUT2D eigenvalue weighted by Gasteiger charge is 2.24. The van der Waals surface area contributed by atoms with E-state index in [0.29, 0.717) is 25.9 Å². The molecule has 3 rings (SSSR count). The lowest BCUT2D eigenvalue weighted by molar-refractivity contribution is 0.115. The van der Waals surface area contributed by atoms with Crippen molar-refractivity contribution in [3.8, 4) is 5.75 Å². The van der Waals surface area contributed by atoms with Gasteiger partial charge >= 0.3 is 6.03 Å². The molecule has 24 heavy (non-hydrogen) atoms. The zero-order valence-electron chi connectivity index (χ0n) is 13.0. The summed E-state index contributed by atoms with van der Waals surface area (Å²) >= 11 is 0. The van der Waals surface area contributed by atoms with Crippen LogP contribution < -0.4 is 10.1 Å². The van der Waals surface area contributed by atoms with Crippen molar-refractivity contribution < 1.29 is 18.3 Å². The molecule has 1 fully saturated rings. The second-order valence-electron chi connectivity index (χ2n) is 5.65. The summed E-state index contributed by atoms with van der Waals surface area (Å²) in [5, 5.41) is 2.42. The number of para-hydroxylation sites is 1. The number of anilines is 1. The van der Waals surface area contributed by atoms with Gasteiger partial charge in [-0.3, -0.25) is 0 Å². The standard InChI is InChI=1S/C18H18F2N2O2/c19-15-7-4-8-16(17(15)20)21-18(23)22-11-9-14(10-12-22)24-13-5-2-1-3-6-13/h1-8,14H,9-12H2,(H,21,23). The largest absolute Gasteiger partial charge is 0.490 e. The van der Waals surface area contributed by atoms with Crippen LogP contribution in [0.25, 0.3) is 0 Å². The molecule has 2 aromatic carbocycles. The summed E-state index contributed by atoms with van der Waals surface area (Å²) in [5.41, 5.74) is -0.150. The number of hydrogen-bond donors (Lipinski definition) is 1. The predicted octanol–water partition coefficient (Wildman–Crippen LogP) is 4.04. The van der Waals surface area contributed by atoms with Crippen molar-refractivity contribution in [3.05, 3.63) is 60.2 Å². The second-order valence-corrected chi connectivity index (χ2v) is 5.65. The summed E-state index contributed by atoms with van der Waals surface area (Å²) in [6.07, 6.45) is 1.42. The minimum Gasteiger partial charge on any atom is -0.490 e. The number of nitrogens with zero attached hydrogens (tertiary/aromatic N) is 1. The molecule has 4 nitrogen and oxygen atoms in total. The monoisotopic (exact) mass is 332 g/mol. The maximum absolute atomic E-state index is 13.6. The lowest BCUT2D eigenvalue weighted by Crippen LogP contribution is -2.43. The Balaban J connectivity index is 1.52. The molecule has 0 radical (unpaired) electrons. The number of carbonyl (C=O) groups excluding carboxylic acids is 1. The van der Waals surface area contributed by atoms with Crippen LogP contribution in [0.3, 0.4) is 0 Å². The van der Waals surface area contributed by atoms with Crippen molar-refractivity contribution in [2.75, 3.05) is 18.4 Å². The van der Waals surface area contributed by atoms with Gasteiger partial charge in [0.2, 0.25) is 0 Å². The third-order valence-electron chi connectivity index (χ3n) is 3.97. The minimum atomic E-state index is -1.05. The minimum absolute atomic E-state index is 0.0438. The molecule has 1 N–H and O–H groups in total. The molecular formula is C18H18F2N2O2. The third-order valence-corrected chi connectivity index (χ3v) is 3.97. The van der Waals surface area contributed by atoms with Gasteiger partial charge in [0.15, 0.2) is 11.6 Å². The second kappa shape index (κ2) is 7.29. The molecule has 0 unspecified atom stereocenters. The Bertz CT molecular complexity index is 701. The van der Waals surface area contributed by atoms with E-state index in [1.54, 1.807) is 4.90 Å². The Hall–Kier alpha value is -2.63. The highest BCUT2D eigenvalue weighted by atomic mass is 19.2. The normalized spacial score (nSPS) is 15.2. The summed E-state index contributed by atoms with van der Waals surface area (Å²) in [6, 6.07) is 12.8. The Morgan fingerprint density at radius 2 is 1.75 bits per heavy atom. The first kappa shape index (κ1) is 16.2. The quantitative estimate of drug-likeness (QED) is 0.922. The van der Waals surface area contributed by atoms with Gasteiger partial charge in [-0.05, 0) is 24.3 Å². The Morgan fingerprint density at radius 3 is 2.46 bits per heavy atom. The van der Waals surface area contributed by atoms with Crippen molar-refractivity contribution in [3.63, 3.8) is 0 Å². The van der Waals surface area contributed by atoms with Gasteiger partial charge in [-0.1, -0.05) is 24.3 Å². The van der Waals surface area contributed by atoms with E-state index >= 15 is 0 Å². The first-order chi connectivity index (χ1) is 11.6. The van der Waals surface area contributed by atoms with Crippen LogP contribution in [0.2, 0.25) is 0 Å². The van der Waals surface area contributed by atoms with Crippen molar-refractivity contribution in [2.45, 2.75) is 18.9 Å². The molecule has 1 aliphatic rings. The lowest BCUT2D eigenvalue weighted by atomic mass is 10.1. The summed E-state index contributed by atoms with van der Waals surface area (Å²) < 4.78 is 32.6. The number of ether oxygens (including phenoxy) is 1. The van der Waals surface area contributed by atoms with Gasteiger partial charge in [0.25, 0.3) is 0 Å². The SMILES string of the molecule is O=C(Nc1cccc(F)c1F)N1CCC(Oc2ccccc2)CC1. The van der Waals surface area contributed by atoms with Crippen molar-refractivity contribution in [2.24, 2.45) is 0 Å². The fraction of sp³-hybridized carbons (Fsp3) is 0.278. The Kier molecular flexibility index (Phi) is 4.93. The van der Waals surface area contributed by atoms with Gasteiger partial charge in [-0.25, -0.2) is 13.6 Å². The Labute approximate surface area is 139 Å². The number of rotatable bonds is 3. The molecule has 1 saturated heterocycles. The van der Waals surface area contributed by atoms with E-state index in [4.69, 9.17) is 4.74 Å². The van der Waals surface area contributed by atoms with E-state index in [-0.39, 0.29) is 11.8 Å². The van der Waals surface area contributed by atoms with Crippen LogP contribution in [-0.4, -0.2) is 30.1 Å². The zero-order valence-corrected chi connectivity index (χ0v) is 13.0. The fourth-order valence-electron chi connectivity index (χ4n) is 2.66. The predicted molar refractivity (Wildman–Crippen MR) is 87.0 cm³/mol. The average Bonchev–Trinajstić information content (AvgIpc) is 2.60. The number of halogens is 2. The van der Waals surface area contributed by atoms with E-state index in [0.717, 1.165) is 11.8 Å².